The van der Waals surface area contributed by atoms with Gasteiger partial charge in [0.15, 0.2) is 0 Å². The van der Waals surface area contributed by atoms with Crippen LogP contribution in [0.15, 0.2) is 36.4 Å². The van der Waals surface area contributed by atoms with E-state index < -0.39 is 0 Å². The minimum Gasteiger partial charge on any atom is -0.496 e. The lowest BCUT2D eigenvalue weighted by Gasteiger charge is -2.35. The second-order valence-electron chi connectivity index (χ2n) is 7.29. The Kier molecular flexibility index (Phi) is 4.72. The number of ether oxygens (including phenoxy) is 1. The molecular formula is C21H28N2O. The zero-order chi connectivity index (χ0) is 16.4. The molecule has 24 heavy (non-hydrogen) atoms. The van der Waals surface area contributed by atoms with E-state index in [2.05, 4.69) is 46.6 Å². The topological polar surface area (TPSA) is 24.5 Å². The molecule has 2 aromatic carbocycles. The van der Waals surface area contributed by atoms with Crippen molar-refractivity contribution in [2.75, 3.05) is 26.7 Å². The number of hydrogen-bond acceptors (Lipinski definition) is 3. The summed E-state index contributed by atoms with van der Waals surface area (Å²) in [5.74, 6) is 1.86. The standard InChI is InChI=1S/C21H28N2O/c1-24-21-9-8-17(18-5-2-3-6-19(18)21)15-23-13-10-16(11-14-23)20-7-4-12-22-20/h2-3,5-6,8-9,16,20,22H,4,7,10-15H2,1H3. The third-order valence-electron chi connectivity index (χ3n) is 5.89. The van der Waals surface area contributed by atoms with E-state index in [9.17, 15) is 0 Å². The Labute approximate surface area is 145 Å². The van der Waals surface area contributed by atoms with Gasteiger partial charge in [-0.3, -0.25) is 4.90 Å². The maximum Gasteiger partial charge on any atom is 0.126 e. The number of piperidine rings is 1. The molecule has 3 nitrogen and oxygen atoms in total. The average molecular weight is 324 g/mol. The van der Waals surface area contributed by atoms with Gasteiger partial charge in [0, 0.05) is 18.0 Å². The van der Waals surface area contributed by atoms with Gasteiger partial charge in [0.1, 0.15) is 5.75 Å². The summed E-state index contributed by atoms with van der Waals surface area (Å²) >= 11 is 0. The average Bonchev–Trinajstić information content (AvgIpc) is 3.17. The van der Waals surface area contributed by atoms with Crippen molar-refractivity contribution in [3.05, 3.63) is 42.0 Å². The van der Waals surface area contributed by atoms with Crippen molar-refractivity contribution in [3.63, 3.8) is 0 Å². The molecule has 128 valence electrons. The molecule has 0 aliphatic carbocycles. The van der Waals surface area contributed by atoms with Gasteiger partial charge in [-0.1, -0.05) is 30.3 Å². The number of nitrogens with one attached hydrogen (secondary N) is 1. The highest BCUT2D eigenvalue weighted by Crippen LogP contribution is 2.31. The largest absolute Gasteiger partial charge is 0.496 e. The minimum atomic E-state index is 0.786. The van der Waals surface area contributed by atoms with Gasteiger partial charge in [0.25, 0.3) is 0 Å². The van der Waals surface area contributed by atoms with Gasteiger partial charge < -0.3 is 10.1 Å². The van der Waals surface area contributed by atoms with Crippen LogP contribution in [0.5, 0.6) is 5.75 Å². The number of hydrogen-bond donors (Lipinski definition) is 1. The number of fused-ring (bicyclic) bond motifs is 1. The van der Waals surface area contributed by atoms with E-state index in [1.165, 1.54) is 61.7 Å². The van der Waals surface area contributed by atoms with Crippen LogP contribution in [-0.4, -0.2) is 37.7 Å². The molecule has 0 radical (unpaired) electrons. The number of likely N-dealkylation sites (tertiary alicyclic amines) is 1. The fourth-order valence-electron chi connectivity index (χ4n) is 4.52. The summed E-state index contributed by atoms with van der Waals surface area (Å²) in [5, 5.41) is 6.25. The third-order valence-corrected chi connectivity index (χ3v) is 5.89. The first-order valence-electron chi connectivity index (χ1n) is 9.35. The summed E-state index contributed by atoms with van der Waals surface area (Å²) in [6.07, 6.45) is 5.42. The predicted molar refractivity (Wildman–Crippen MR) is 99.5 cm³/mol. The molecule has 0 bridgehead atoms. The van der Waals surface area contributed by atoms with Crippen molar-refractivity contribution in [1.29, 1.82) is 0 Å². The molecule has 3 heteroatoms. The number of methoxy groups -OCH3 is 1. The Morgan fingerprint density at radius 2 is 1.83 bits per heavy atom. The zero-order valence-corrected chi connectivity index (χ0v) is 14.6. The molecule has 2 aliphatic heterocycles. The number of nitrogens with zero attached hydrogens (tertiary/aromatic N) is 1. The fourth-order valence-corrected chi connectivity index (χ4v) is 4.52. The first-order valence-corrected chi connectivity index (χ1v) is 9.35. The van der Waals surface area contributed by atoms with Crippen LogP contribution in [0.1, 0.15) is 31.2 Å². The number of benzene rings is 2. The highest BCUT2D eigenvalue weighted by molar-refractivity contribution is 5.91. The molecule has 4 rings (SSSR count). The van der Waals surface area contributed by atoms with Crippen molar-refractivity contribution in [3.8, 4) is 5.75 Å². The predicted octanol–water partition coefficient (Wildman–Crippen LogP) is 3.81. The molecule has 1 atom stereocenters. The molecule has 1 unspecified atom stereocenters. The maximum absolute atomic E-state index is 5.52. The van der Waals surface area contributed by atoms with E-state index in [-0.39, 0.29) is 0 Å². The lowest BCUT2D eigenvalue weighted by Crippen LogP contribution is -2.40. The van der Waals surface area contributed by atoms with E-state index in [0.29, 0.717) is 0 Å². The van der Waals surface area contributed by atoms with Crippen LogP contribution in [0.3, 0.4) is 0 Å². The van der Waals surface area contributed by atoms with Gasteiger partial charge in [0.05, 0.1) is 7.11 Å². The Balaban J connectivity index is 1.45. The zero-order valence-electron chi connectivity index (χ0n) is 14.6. The first kappa shape index (κ1) is 15.9. The van der Waals surface area contributed by atoms with E-state index in [1.54, 1.807) is 7.11 Å². The van der Waals surface area contributed by atoms with Gasteiger partial charge in [-0.2, -0.15) is 0 Å². The molecule has 2 fully saturated rings. The normalized spacial score (nSPS) is 23.0. The molecule has 0 saturated carbocycles. The van der Waals surface area contributed by atoms with Crippen LogP contribution < -0.4 is 10.1 Å². The van der Waals surface area contributed by atoms with Crippen LogP contribution in [-0.2, 0) is 6.54 Å². The molecule has 1 N–H and O–H groups in total. The Morgan fingerprint density at radius 1 is 1.04 bits per heavy atom. The smallest absolute Gasteiger partial charge is 0.126 e. The van der Waals surface area contributed by atoms with Gasteiger partial charge >= 0.3 is 0 Å². The monoisotopic (exact) mass is 324 g/mol. The summed E-state index contributed by atoms with van der Waals surface area (Å²) < 4.78 is 5.52. The highest BCUT2D eigenvalue weighted by atomic mass is 16.5. The summed E-state index contributed by atoms with van der Waals surface area (Å²) in [7, 11) is 1.75. The van der Waals surface area contributed by atoms with Gasteiger partial charge in [-0.05, 0) is 68.3 Å². The number of rotatable bonds is 4. The lowest BCUT2D eigenvalue weighted by molar-refractivity contribution is 0.158. The molecule has 0 spiro atoms. The second-order valence-corrected chi connectivity index (χ2v) is 7.29. The van der Waals surface area contributed by atoms with Crippen molar-refractivity contribution in [1.82, 2.24) is 10.2 Å². The second kappa shape index (κ2) is 7.12. The van der Waals surface area contributed by atoms with Crippen molar-refractivity contribution < 1.29 is 4.74 Å². The van der Waals surface area contributed by atoms with E-state index in [0.717, 1.165) is 24.3 Å². The van der Waals surface area contributed by atoms with Crippen LogP contribution in [0.4, 0.5) is 0 Å². The van der Waals surface area contributed by atoms with Crippen molar-refractivity contribution in [2.45, 2.75) is 38.3 Å². The Bertz CT molecular complexity index is 685. The summed E-state index contributed by atoms with van der Waals surface area (Å²) in [6.45, 7) is 4.73. The van der Waals surface area contributed by atoms with E-state index in [1.807, 2.05) is 0 Å². The Hall–Kier alpha value is -1.58. The SMILES string of the molecule is COc1ccc(CN2CCC(C3CCCN3)CC2)c2ccccc12. The molecule has 2 saturated heterocycles. The minimum absolute atomic E-state index is 0.786. The Morgan fingerprint density at radius 3 is 2.54 bits per heavy atom. The van der Waals surface area contributed by atoms with Crippen molar-refractivity contribution in [2.24, 2.45) is 5.92 Å². The molecule has 2 aromatic rings. The van der Waals surface area contributed by atoms with Crippen LogP contribution in [0.25, 0.3) is 10.8 Å². The first-order chi connectivity index (χ1) is 11.8. The molecule has 0 amide bonds. The van der Waals surface area contributed by atoms with Crippen LogP contribution in [0.2, 0.25) is 0 Å². The van der Waals surface area contributed by atoms with Gasteiger partial charge in [0.2, 0.25) is 0 Å². The van der Waals surface area contributed by atoms with Crippen molar-refractivity contribution >= 4 is 10.8 Å². The molecule has 2 aliphatic rings. The lowest BCUT2D eigenvalue weighted by atomic mass is 9.88. The van der Waals surface area contributed by atoms with Gasteiger partial charge in [-0.15, -0.1) is 0 Å². The fraction of sp³-hybridized carbons (Fsp3) is 0.524. The third kappa shape index (κ3) is 3.15. The van der Waals surface area contributed by atoms with E-state index >= 15 is 0 Å². The maximum atomic E-state index is 5.52. The summed E-state index contributed by atoms with van der Waals surface area (Å²) in [4.78, 5) is 2.62. The molecule has 2 heterocycles. The van der Waals surface area contributed by atoms with Gasteiger partial charge in [-0.25, -0.2) is 0 Å². The van der Waals surface area contributed by atoms with Crippen LogP contribution >= 0.6 is 0 Å². The summed E-state index contributed by atoms with van der Waals surface area (Å²) in [6, 6.07) is 13.8. The molecule has 0 aromatic heterocycles. The quantitative estimate of drug-likeness (QED) is 0.925. The van der Waals surface area contributed by atoms with Crippen LogP contribution in [0, 0.1) is 5.92 Å². The highest BCUT2D eigenvalue weighted by Gasteiger charge is 2.28. The molecular weight excluding hydrogens is 296 g/mol. The van der Waals surface area contributed by atoms with E-state index in [4.69, 9.17) is 4.74 Å². The summed E-state index contributed by atoms with van der Waals surface area (Å²) in [5.41, 5.74) is 1.42.